The molecule has 0 atom stereocenters. The first kappa shape index (κ1) is 21.7. The highest BCUT2D eigenvalue weighted by Crippen LogP contribution is 2.19. The molecule has 156 valence electrons. The van der Waals surface area contributed by atoms with Gasteiger partial charge in [0.15, 0.2) is 0 Å². The van der Waals surface area contributed by atoms with Gasteiger partial charge in [0.25, 0.3) is 5.91 Å². The lowest BCUT2D eigenvalue weighted by Gasteiger charge is -2.05. The first-order valence-electron chi connectivity index (χ1n) is 8.90. The van der Waals surface area contributed by atoms with Crippen LogP contribution in [0.5, 0.6) is 5.75 Å². The lowest BCUT2D eigenvalue weighted by atomic mass is 10.2. The molecule has 0 bridgehead atoms. The van der Waals surface area contributed by atoms with E-state index in [4.69, 9.17) is 4.74 Å². The van der Waals surface area contributed by atoms with E-state index in [-0.39, 0.29) is 34.9 Å². The van der Waals surface area contributed by atoms with Crippen LogP contribution in [-0.4, -0.2) is 34.9 Å². The molecule has 30 heavy (non-hydrogen) atoms. The van der Waals surface area contributed by atoms with E-state index in [1.165, 1.54) is 35.2 Å². The Hall–Kier alpha value is -2.98. The minimum Gasteiger partial charge on any atom is -0.497 e. The van der Waals surface area contributed by atoms with Crippen molar-refractivity contribution in [3.8, 4) is 5.75 Å². The van der Waals surface area contributed by atoms with Crippen molar-refractivity contribution in [2.45, 2.75) is 12.3 Å². The van der Waals surface area contributed by atoms with Gasteiger partial charge in [-0.3, -0.25) is 9.59 Å². The maximum atomic E-state index is 13.1. The average molecular weight is 447 g/mol. The Morgan fingerprint density at radius 2 is 1.97 bits per heavy atom. The number of carbonyl (C=O) groups is 2. The van der Waals surface area contributed by atoms with Crippen LogP contribution in [0.25, 0.3) is 0 Å². The largest absolute Gasteiger partial charge is 0.497 e. The van der Waals surface area contributed by atoms with Crippen molar-refractivity contribution in [3.63, 3.8) is 0 Å². The smallest absolute Gasteiger partial charge is 0.286 e. The topological polar surface area (TPSA) is 93.2 Å². The number of benzene rings is 2. The van der Waals surface area contributed by atoms with Crippen LogP contribution in [0.1, 0.15) is 20.4 Å². The summed E-state index contributed by atoms with van der Waals surface area (Å²) in [6, 6.07) is 13.0. The monoisotopic (exact) mass is 446 g/mol. The highest BCUT2D eigenvalue weighted by molar-refractivity contribution is 7.99. The normalized spacial score (nSPS) is 10.5. The first-order valence-corrected chi connectivity index (χ1v) is 10.9. The molecule has 3 rings (SSSR count). The number of hydrogen-bond acceptors (Lipinski definition) is 7. The van der Waals surface area contributed by atoms with E-state index in [2.05, 4.69) is 20.8 Å². The molecule has 0 aliphatic carbocycles. The maximum Gasteiger partial charge on any atom is 0.286 e. The zero-order valence-electron chi connectivity index (χ0n) is 16.1. The molecule has 0 unspecified atom stereocenters. The molecule has 0 aliphatic heterocycles. The molecule has 1 aromatic heterocycles. The Kier molecular flexibility index (Phi) is 7.75. The van der Waals surface area contributed by atoms with Crippen LogP contribution in [0.4, 0.5) is 10.1 Å². The number of ether oxygens (including phenoxy) is 1. The van der Waals surface area contributed by atoms with E-state index in [1.54, 1.807) is 43.5 Å². The van der Waals surface area contributed by atoms with Crippen molar-refractivity contribution in [1.29, 1.82) is 0 Å². The number of carbonyl (C=O) groups excluding carboxylic acids is 2. The van der Waals surface area contributed by atoms with Gasteiger partial charge in [-0.25, -0.2) is 4.39 Å². The third-order valence-electron chi connectivity index (χ3n) is 3.85. The van der Waals surface area contributed by atoms with Gasteiger partial charge in [-0.15, -0.1) is 22.0 Å². The molecule has 2 N–H and O–H groups in total. The Morgan fingerprint density at radius 1 is 1.17 bits per heavy atom. The summed E-state index contributed by atoms with van der Waals surface area (Å²) in [5, 5.41) is 14.3. The second-order valence-corrected chi connectivity index (χ2v) is 8.13. The molecular weight excluding hydrogens is 427 g/mol. The first-order chi connectivity index (χ1) is 14.5. The number of anilines is 1. The molecule has 0 spiro atoms. The molecule has 2 amide bonds. The number of aromatic nitrogens is 2. The molecule has 0 saturated heterocycles. The van der Waals surface area contributed by atoms with Crippen molar-refractivity contribution < 1.29 is 18.7 Å². The number of hydrogen-bond donors (Lipinski definition) is 2. The second kappa shape index (κ2) is 10.7. The molecule has 2 aromatic carbocycles. The SMILES string of the molecule is COc1ccc(NC(=O)c2nnc(CSCC(=O)NCc3cccc(F)c3)s2)cc1. The zero-order valence-corrected chi connectivity index (χ0v) is 17.7. The number of halogens is 1. The standard InChI is InChI=1S/C20H19FN4O3S2/c1-28-16-7-5-15(6-8-16)23-19(27)20-25-24-18(30-20)12-29-11-17(26)22-10-13-3-2-4-14(21)9-13/h2-9H,10-12H2,1H3,(H,22,26)(H,23,27). The highest BCUT2D eigenvalue weighted by Gasteiger charge is 2.14. The second-order valence-electron chi connectivity index (χ2n) is 6.08. The number of amides is 2. The molecule has 7 nitrogen and oxygen atoms in total. The molecule has 0 fully saturated rings. The molecule has 10 heteroatoms. The van der Waals surface area contributed by atoms with Crippen LogP contribution in [-0.2, 0) is 17.1 Å². The molecule has 0 aliphatic rings. The molecular formula is C20H19FN4O3S2. The summed E-state index contributed by atoms with van der Waals surface area (Å²) < 4.78 is 18.2. The number of nitrogens with one attached hydrogen (secondary N) is 2. The van der Waals surface area contributed by atoms with Gasteiger partial charge in [0.1, 0.15) is 16.6 Å². The van der Waals surface area contributed by atoms with Gasteiger partial charge in [-0.2, -0.15) is 0 Å². The van der Waals surface area contributed by atoms with Crippen molar-refractivity contribution in [2.75, 3.05) is 18.2 Å². The van der Waals surface area contributed by atoms with E-state index in [0.29, 0.717) is 27.8 Å². The average Bonchev–Trinajstić information content (AvgIpc) is 3.22. The number of thioether (sulfide) groups is 1. The van der Waals surface area contributed by atoms with Crippen molar-refractivity contribution in [1.82, 2.24) is 15.5 Å². The number of methoxy groups -OCH3 is 1. The lowest BCUT2D eigenvalue weighted by Crippen LogP contribution is -2.24. The van der Waals surface area contributed by atoms with Crippen LogP contribution in [0, 0.1) is 5.82 Å². The van der Waals surface area contributed by atoms with Crippen molar-refractivity contribution >= 4 is 40.6 Å². The fraction of sp³-hybridized carbons (Fsp3) is 0.200. The summed E-state index contributed by atoms with van der Waals surface area (Å²) in [4.78, 5) is 24.2. The van der Waals surface area contributed by atoms with Crippen LogP contribution in [0.3, 0.4) is 0 Å². The summed E-state index contributed by atoms with van der Waals surface area (Å²) in [6.45, 7) is 0.269. The van der Waals surface area contributed by atoms with Crippen LogP contribution in [0.2, 0.25) is 0 Å². The third kappa shape index (κ3) is 6.53. The summed E-state index contributed by atoms with van der Waals surface area (Å²) >= 11 is 2.54. The van der Waals surface area contributed by atoms with Gasteiger partial charge >= 0.3 is 0 Å². The summed E-state index contributed by atoms with van der Waals surface area (Å²) in [7, 11) is 1.57. The molecule has 3 aromatic rings. The Labute approximate surface area is 181 Å². The third-order valence-corrected chi connectivity index (χ3v) is 5.89. The van der Waals surface area contributed by atoms with E-state index < -0.39 is 0 Å². The van der Waals surface area contributed by atoms with Crippen molar-refractivity contribution in [2.24, 2.45) is 0 Å². The predicted octanol–water partition coefficient (Wildman–Crippen LogP) is 3.49. The summed E-state index contributed by atoms with van der Waals surface area (Å²) in [6.07, 6.45) is 0. The van der Waals surface area contributed by atoms with E-state index >= 15 is 0 Å². The Bertz CT molecular complexity index is 1010. The Morgan fingerprint density at radius 3 is 2.70 bits per heavy atom. The predicted molar refractivity (Wildman–Crippen MR) is 115 cm³/mol. The van der Waals surface area contributed by atoms with Gasteiger partial charge in [0.2, 0.25) is 10.9 Å². The zero-order chi connectivity index (χ0) is 21.3. The van der Waals surface area contributed by atoms with Gasteiger partial charge in [-0.1, -0.05) is 23.5 Å². The van der Waals surface area contributed by atoms with Crippen LogP contribution >= 0.6 is 23.1 Å². The van der Waals surface area contributed by atoms with Gasteiger partial charge in [0.05, 0.1) is 12.9 Å². The fourth-order valence-corrected chi connectivity index (χ4v) is 4.03. The summed E-state index contributed by atoms with van der Waals surface area (Å²) in [5.74, 6) is 0.541. The quantitative estimate of drug-likeness (QED) is 0.523. The number of nitrogens with zero attached hydrogens (tertiary/aromatic N) is 2. The lowest BCUT2D eigenvalue weighted by molar-refractivity contribution is -0.118. The highest BCUT2D eigenvalue weighted by atomic mass is 32.2. The van der Waals surface area contributed by atoms with E-state index in [9.17, 15) is 14.0 Å². The van der Waals surface area contributed by atoms with Crippen molar-refractivity contribution in [3.05, 3.63) is 69.9 Å². The Balaban J connectivity index is 1.41. The minimum atomic E-state index is -0.346. The van der Waals surface area contributed by atoms with E-state index in [1.807, 2.05) is 0 Å². The molecule has 0 saturated carbocycles. The summed E-state index contributed by atoms with van der Waals surface area (Å²) in [5.41, 5.74) is 1.33. The molecule has 1 heterocycles. The van der Waals surface area contributed by atoms with Gasteiger partial charge in [-0.05, 0) is 42.0 Å². The van der Waals surface area contributed by atoms with Gasteiger partial charge < -0.3 is 15.4 Å². The molecule has 0 radical (unpaired) electrons. The maximum absolute atomic E-state index is 13.1. The number of rotatable bonds is 9. The van der Waals surface area contributed by atoms with E-state index in [0.717, 1.165) is 0 Å². The van der Waals surface area contributed by atoms with Crippen LogP contribution in [0.15, 0.2) is 48.5 Å². The fourth-order valence-electron chi connectivity index (χ4n) is 2.39. The van der Waals surface area contributed by atoms with Crippen LogP contribution < -0.4 is 15.4 Å². The minimum absolute atomic E-state index is 0.161. The van der Waals surface area contributed by atoms with Gasteiger partial charge in [0, 0.05) is 18.0 Å².